The zero-order valence-corrected chi connectivity index (χ0v) is 22.3. The summed E-state index contributed by atoms with van der Waals surface area (Å²) in [6.07, 6.45) is 5.41. The van der Waals surface area contributed by atoms with E-state index in [1.165, 1.54) is 12.8 Å². The quantitative estimate of drug-likeness (QED) is 0.391. The minimum Gasteiger partial charge on any atom is -0.395 e. The second-order valence-electron chi connectivity index (χ2n) is 11.4. The number of sulfonamides is 1. The van der Waals surface area contributed by atoms with E-state index in [2.05, 4.69) is 24.9 Å². The average Bonchev–Trinajstić information content (AvgIpc) is 3.73. The van der Waals surface area contributed by atoms with Crippen molar-refractivity contribution in [3.8, 4) is 0 Å². The number of aliphatic hydroxyl groups is 2. The van der Waals surface area contributed by atoms with Gasteiger partial charge in [0.2, 0.25) is 16.0 Å². The minimum absolute atomic E-state index is 0.250. The fourth-order valence-corrected chi connectivity index (χ4v) is 6.68. The number of carbonyl (C=O) groups is 1. The molecular formula is C26H34N6O5S. The third-order valence-corrected chi connectivity index (χ3v) is 9.74. The van der Waals surface area contributed by atoms with Crippen molar-refractivity contribution in [2.45, 2.75) is 44.6 Å². The van der Waals surface area contributed by atoms with E-state index in [9.17, 15) is 18.3 Å². The average molecular weight is 543 g/mol. The number of anilines is 4. The molecule has 38 heavy (non-hydrogen) atoms. The number of aromatic nitrogens is 2. The molecule has 2 atom stereocenters. The lowest BCUT2D eigenvalue weighted by atomic mass is 9.93. The standard InChI is InChI=1S/C26H34N6O5S/c1-17-12-22(29-24(27-17)32-15-18-14-26(18,35)16-32)28-23(34)20-3-2-19(30-38(36,37)11-10-33)13-21(20)31-8-6-25(4-5-25)7-9-31/h2-3,12-13,18,30,33,35H,4-11,14-16H2,1H3,(H,27,28,29,34)/t18?,26-/m0/s1. The summed E-state index contributed by atoms with van der Waals surface area (Å²) in [5.74, 6) is 0.365. The predicted octanol–water partition coefficient (Wildman–Crippen LogP) is 1.72. The zero-order chi connectivity index (χ0) is 26.7. The summed E-state index contributed by atoms with van der Waals surface area (Å²) in [6.45, 7) is 4.14. The number of rotatable bonds is 8. The molecule has 204 valence electrons. The molecule has 0 radical (unpaired) electrons. The van der Waals surface area contributed by atoms with E-state index in [1.54, 1.807) is 24.3 Å². The first-order valence-corrected chi connectivity index (χ1v) is 14.9. The number of hydrogen-bond acceptors (Lipinski definition) is 9. The number of aliphatic hydroxyl groups excluding tert-OH is 1. The summed E-state index contributed by atoms with van der Waals surface area (Å²) in [7, 11) is -3.70. The van der Waals surface area contributed by atoms with Crippen LogP contribution in [0.3, 0.4) is 0 Å². The third-order valence-electron chi connectivity index (χ3n) is 8.47. The Morgan fingerprint density at radius 3 is 2.55 bits per heavy atom. The van der Waals surface area contributed by atoms with Crippen LogP contribution < -0.4 is 19.8 Å². The lowest BCUT2D eigenvalue weighted by Gasteiger charge is -2.35. The molecule has 1 aromatic carbocycles. The van der Waals surface area contributed by atoms with Crippen molar-refractivity contribution < 1.29 is 23.4 Å². The first-order chi connectivity index (χ1) is 18.1. The van der Waals surface area contributed by atoms with Gasteiger partial charge in [0, 0.05) is 43.9 Å². The van der Waals surface area contributed by atoms with Crippen molar-refractivity contribution >= 4 is 39.1 Å². The summed E-state index contributed by atoms with van der Waals surface area (Å²) >= 11 is 0. The summed E-state index contributed by atoms with van der Waals surface area (Å²) in [6, 6.07) is 6.60. The van der Waals surface area contributed by atoms with Gasteiger partial charge in [-0.15, -0.1) is 0 Å². The van der Waals surface area contributed by atoms with Crippen LogP contribution in [0.15, 0.2) is 24.3 Å². The molecule has 12 heteroatoms. The summed E-state index contributed by atoms with van der Waals surface area (Å²) < 4.78 is 27.0. The van der Waals surface area contributed by atoms with E-state index in [4.69, 9.17) is 5.11 Å². The highest BCUT2D eigenvalue weighted by atomic mass is 32.2. The summed E-state index contributed by atoms with van der Waals surface area (Å²) in [4.78, 5) is 26.7. The van der Waals surface area contributed by atoms with Gasteiger partial charge in [-0.25, -0.2) is 13.4 Å². The highest BCUT2D eigenvalue weighted by Crippen LogP contribution is 2.54. The zero-order valence-electron chi connectivity index (χ0n) is 21.5. The molecule has 2 saturated carbocycles. The van der Waals surface area contributed by atoms with Crippen LogP contribution >= 0.6 is 0 Å². The van der Waals surface area contributed by atoms with Crippen LogP contribution in [0, 0.1) is 18.3 Å². The van der Waals surface area contributed by atoms with Gasteiger partial charge >= 0.3 is 0 Å². The van der Waals surface area contributed by atoms with Gasteiger partial charge in [0.25, 0.3) is 5.91 Å². The van der Waals surface area contributed by atoms with Crippen molar-refractivity contribution in [3.05, 3.63) is 35.5 Å². The van der Waals surface area contributed by atoms with Crippen molar-refractivity contribution in [2.75, 3.05) is 58.4 Å². The summed E-state index contributed by atoms with van der Waals surface area (Å²) in [5.41, 5.74) is 1.95. The topological polar surface area (TPSA) is 148 Å². The van der Waals surface area contributed by atoms with Crippen LogP contribution in [0.1, 0.15) is 48.2 Å². The number of fused-ring (bicyclic) bond motifs is 1. The molecule has 0 bridgehead atoms. The Bertz CT molecular complexity index is 1370. The van der Waals surface area contributed by atoms with Gasteiger partial charge in [0.1, 0.15) is 5.82 Å². The molecule has 1 spiro atoms. The van der Waals surface area contributed by atoms with Crippen molar-refractivity contribution in [2.24, 2.45) is 11.3 Å². The maximum absolute atomic E-state index is 13.5. The number of hydrogen-bond donors (Lipinski definition) is 4. The molecule has 6 rings (SSSR count). The van der Waals surface area contributed by atoms with E-state index in [0.29, 0.717) is 52.9 Å². The lowest BCUT2D eigenvalue weighted by molar-refractivity contribution is 0.102. The fraction of sp³-hybridized carbons (Fsp3) is 0.577. The van der Waals surface area contributed by atoms with Crippen LogP contribution in [-0.2, 0) is 10.0 Å². The molecule has 4 aliphatic rings. The molecule has 1 amide bonds. The van der Waals surface area contributed by atoms with Crippen LogP contribution in [-0.4, -0.2) is 78.6 Å². The maximum Gasteiger partial charge on any atom is 0.258 e. The Hall–Kier alpha value is -2.96. The molecule has 11 nitrogen and oxygen atoms in total. The number of benzene rings is 1. The second kappa shape index (κ2) is 9.06. The SMILES string of the molecule is Cc1cc(NC(=O)c2ccc(NS(=O)(=O)CCO)cc2N2CCC3(CC2)CC3)nc(N2CC3C[C@]3(O)C2)n1. The first-order valence-electron chi connectivity index (χ1n) is 13.2. The molecule has 3 heterocycles. The number of piperidine rings is 2. The summed E-state index contributed by atoms with van der Waals surface area (Å²) in [5, 5.41) is 22.4. The molecule has 1 unspecified atom stereocenters. The molecule has 4 N–H and O–H groups in total. The number of amides is 1. The van der Waals surface area contributed by atoms with Crippen LogP contribution in [0.2, 0.25) is 0 Å². The van der Waals surface area contributed by atoms with E-state index in [1.807, 2.05) is 11.8 Å². The van der Waals surface area contributed by atoms with Crippen molar-refractivity contribution in [1.29, 1.82) is 0 Å². The van der Waals surface area contributed by atoms with Gasteiger partial charge < -0.3 is 25.3 Å². The molecule has 4 fully saturated rings. The predicted molar refractivity (Wildman–Crippen MR) is 144 cm³/mol. The molecule has 1 aromatic heterocycles. The normalized spacial score (nSPS) is 25.3. The number of nitrogens with one attached hydrogen (secondary N) is 2. The van der Waals surface area contributed by atoms with E-state index in [-0.39, 0.29) is 11.8 Å². The van der Waals surface area contributed by atoms with Gasteiger partial charge in [-0.3, -0.25) is 9.52 Å². The Morgan fingerprint density at radius 2 is 1.89 bits per heavy atom. The molecule has 2 aromatic rings. The molecule has 2 saturated heterocycles. The highest BCUT2D eigenvalue weighted by molar-refractivity contribution is 7.92. The lowest BCUT2D eigenvalue weighted by Crippen LogP contribution is -2.36. The minimum atomic E-state index is -3.70. The second-order valence-corrected chi connectivity index (χ2v) is 13.2. The maximum atomic E-state index is 13.5. The molecule has 2 aliphatic heterocycles. The van der Waals surface area contributed by atoms with Gasteiger partial charge in [-0.1, -0.05) is 0 Å². The molecular weight excluding hydrogens is 508 g/mol. The van der Waals surface area contributed by atoms with E-state index >= 15 is 0 Å². The van der Waals surface area contributed by atoms with Crippen molar-refractivity contribution in [3.63, 3.8) is 0 Å². The Labute approximate surface area is 222 Å². The number of nitrogens with zero attached hydrogens (tertiary/aromatic N) is 4. The van der Waals surface area contributed by atoms with Gasteiger partial charge in [-0.05, 0) is 62.6 Å². The van der Waals surface area contributed by atoms with Crippen LogP contribution in [0.5, 0.6) is 0 Å². The largest absolute Gasteiger partial charge is 0.395 e. The Balaban J connectivity index is 1.25. The Kier molecular flexibility index (Phi) is 6.04. The Morgan fingerprint density at radius 1 is 1.13 bits per heavy atom. The third kappa shape index (κ3) is 5.04. The monoisotopic (exact) mass is 542 g/mol. The fourth-order valence-electron chi connectivity index (χ4n) is 5.85. The van der Waals surface area contributed by atoms with Crippen LogP contribution in [0.4, 0.5) is 23.1 Å². The van der Waals surface area contributed by atoms with Crippen molar-refractivity contribution in [1.82, 2.24) is 9.97 Å². The van der Waals surface area contributed by atoms with Gasteiger partial charge in [0.15, 0.2) is 0 Å². The number of aryl methyl sites for hydroxylation is 1. The molecule has 2 aliphatic carbocycles. The van der Waals surface area contributed by atoms with Crippen LogP contribution in [0.25, 0.3) is 0 Å². The highest BCUT2D eigenvalue weighted by Gasteiger charge is 2.59. The number of β-amino-alcohol motifs (C(OH)–C–C–N with tert-alkyl or cyclic N) is 1. The number of carbonyl (C=O) groups excluding carboxylic acids is 1. The van der Waals surface area contributed by atoms with Gasteiger partial charge in [0.05, 0.1) is 34.9 Å². The van der Waals surface area contributed by atoms with Gasteiger partial charge in [-0.2, -0.15) is 4.98 Å². The first kappa shape index (κ1) is 25.3. The van der Waals surface area contributed by atoms with E-state index in [0.717, 1.165) is 32.4 Å². The van der Waals surface area contributed by atoms with E-state index < -0.39 is 28.0 Å². The smallest absolute Gasteiger partial charge is 0.258 e.